The van der Waals surface area contributed by atoms with E-state index in [1.807, 2.05) is 12.1 Å². The number of halogens is 2. The first-order chi connectivity index (χ1) is 11.7. The zero-order chi connectivity index (χ0) is 16.5. The zero-order valence-electron chi connectivity index (χ0n) is 13.0. The Kier molecular flexibility index (Phi) is 4.26. The van der Waals surface area contributed by atoms with E-state index in [-0.39, 0.29) is 5.28 Å². The van der Waals surface area contributed by atoms with Crippen molar-refractivity contribution in [2.24, 2.45) is 0 Å². The Morgan fingerprint density at radius 2 is 1.42 bits per heavy atom. The molecular formula is C20H16Cl2N2. The van der Waals surface area contributed by atoms with Crippen LogP contribution in [0, 0.1) is 0 Å². The summed E-state index contributed by atoms with van der Waals surface area (Å²) in [6.45, 7) is 0. The quantitative estimate of drug-likeness (QED) is 0.418. The summed E-state index contributed by atoms with van der Waals surface area (Å²) in [5.74, 6) is 0.836. The summed E-state index contributed by atoms with van der Waals surface area (Å²) in [7, 11) is 0. The molecule has 1 aliphatic rings. The molecule has 0 bridgehead atoms. The van der Waals surface area contributed by atoms with E-state index in [2.05, 4.69) is 58.5 Å². The van der Waals surface area contributed by atoms with Gasteiger partial charge in [0.2, 0.25) is 5.28 Å². The summed E-state index contributed by atoms with van der Waals surface area (Å²) < 4.78 is 0. The average molecular weight is 355 g/mol. The van der Waals surface area contributed by atoms with Gasteiger partial charge in [-0.15, -0.1) is 0 Å². The van der Waals surface area contributed by atoms with Crippen molar-refractivity contribution in [3.8, 4) is 11.1 Å². The zero-order valence-corrected chi connectivity index (χ0v) is 14.5. The molecule has 3 aromatic rings. The Morgan fingerprint density at radius 1 is 0.750 bits per heavy atom. The highest BCUT2D eigenvalue weighted by molar-refractivity contribution is 6.31. The number of benzene rings is 2. The smallest absolute Gasteiger partial charge is 0.223 e. The molecule has 0 saturated heterocycles. The Morgan fingerprint density at radius 3 is 2.04 bits per heavy atom. The molecule has 1 unspecified atom stereocenters. The second kappa shape index (κ2) is 6.54. The number of nitrogens with zero attached hydrogens (tertiary/aromatic N) is 2. The van der Waals surface area contributed by atoms with Crippen LogP contribution in [0.2, 0.25) is 10.4 Å². The molecule has 4 rings (SSSR count). The van der Waals surface area contributed by atoms with E-state index < -0.39 is 0 Å². The maximum Gasteiger partial charge on any atom is 0.224 e. The van der Waals surface area contributed by atoms with Gasteiger partial charge in [-0.1, -0.05) is 66.2 Å². The fourth-order valence-electron chi connectivity index (χ4n) is 3.40. The third-order valence-electron chi connectivity index (χ3n) is 4.79. The van der Waals surface area contributed by atoms with E-state index in [9.17, 15) is 0 Å². The van der Waals surface area contributed by atoms with Gasteiger partial charge in [-0.25, -0.2) is 9.97 Å². The van der Waals surface area contributed by atoms with Crippen molar-refractivity contribution in [1.29, 1.82) is 0 Å². The molecule has 0 aliphatic heterocycles. The van der Waals surface area contributed by atoms with E-state index >= 15 is 0 Å². The van der Waals surface area contributed by atoms with Gasteiger partial charge in [0, 0.05) is 5.92 Å². The molecule has 2 nitrogen and oxygen atoms in total. The molecule has 0 amide bonds. The average Bonchev–Trinajstić information content (AvgIpc) is 2.54. The lowest BCUT2D eigenvalue weighted by atomic mass is 9.68. The highest BCUT2D eigenvalue weighted by Gasteiger charge is 2.34. The maximum absolute atomic E-state index is 6.02. The van der Waals surface area contributed by atoms with Gasteiger partial charge >= 0.3 is 0 Å². The lowest BCUT2D eigenvalue weighted by molar-refractivity contribution is 0.339. The van der Waals surface area contributed by atoms with Gasteiger partial charge in [0.15, 0.2) is 0 Å². The number of rotatable bonds is 3. The Balaban J connectivity index is 1.58. The monoisotopic (exact) mass is 354 g/mol. The van der Waals surface area contributed by atoms with Gasteiger partial charge in [-0.2, -0.15) is 0 Å². The van der Waals surface area contributed by atoms with E-state index in [4.69, 9.17) is 23.2 Å². The van der Waals surface area contributed by atoms with Gasteiger partial charge in [0.05, 0.1) is 5.69 Å². The fourth-order valence-corrected chi connectivity index (χ4v) is 3.83. The summed E-state index contributed by atoms with van der Waals surface area (Å²) in [6.07, 6.45) is 2.27. The predicted molar refractivity (Wildman–Crippen MR) is 98.6 cm³/mol. The fraction of sp³-hybridized carbons (Fsp3) is 0.200. The lowest BCUT2D eigenvalue weighted by Crippen LogP contribution is -2.23. The molecule has 1 aliphatic carbocycles. The number of hydrogen-bond donors (Lipinski definition) is 0. The Bertz CT molecular complexity index is 827. The van der Waals surface area contributed by atoms with Gasteiger partial charge in [0.25, 0.3) is 0 Å². The largest absolute Gasteiger partial charge is 0.224 e. The highest BCUT2D eigenvalue weighted by atomic mass is 35.5. The molecule has 120 valence electrons. The molecule has 2 atom stereocenters. The maximum atomic E-state index is 6.02. The van der Waals surface area contributed by atoms with E-state index in [1.165, 1.54) is 16.7 Å². The first kappa shape index (κ1) is 15.6. The van der Waals surface area contributed by atoms with Gasteiger partial charge in [0.1, 0.15) is 5.15 Å². The molecule has 0 spiro atoms. The molecule has 1 fully saturated rings. The summed E-state index contributed by atoms with van der Waals surface area (Å²) in [5.41, 5.74) is 4.77. The minimum Gasteiger partial charge on any atom is -0.223 e. The third kappa shape index (κ3) is 3.04. The van der Waals surface area contributed by atoms with Crippen LogP contribution in [-0.4, -0.2) is 9.97 Å². The normalized spacial score (nSPS) is 19.8. The first-order valence-electron chi connectivity index (χ1n) is 8.06. The summed E-state index contributed by atoms with van der Waals surface area (Å²) in [5, 5.41) is 0.637. The van der Waals surface area contributed by atoms with Crippen LogP contribution in [0.5, 0.6) is 0 Å². The van der Waals surface area contributed by atoms with E-state index in [0.29, 0.717) is 17.0 Å². The topological polar surface area (TPSA) is 25.8 Å². The van der Waals surface area contributed by atoms with Crippen molar-refractivity contribution in [3.05, 3.63) is 82.4 Å². The highest BCUT2D eigenvalue weighted by Crippen LogP contribution is 2.49. The van der Waals surface area contributed by atoms with Gasteiger partial charge in [-0.3, -0.25) is 0 Å². The summed E-state index contributed by atoms with van der Waals surface area (Å²) in [4.78, 5) is 8.30. The molecule has 1 heterocycles. The van der Waals surface area contributed by atoms with Crippen LogP contribution in [0.4, 0.5) is 0 Å². The molecule has 24 heavy (non-hydrogen) atoms. The van der Waals surface area contributed by atoms with Crippen molar-refractivity contribution in [3.63, 3.8) is 0 Å². The van der Waals surface area contributed by atoms with E-state index in [0.717, 1.165) is 18.5 Å². The standard InChI is InChI=1S/C20H16Cl2N2/c21-19-12-18(23-20(22)24-19)17-11-10-16(17)15-8-6-14(7-9-15)13-4-2-1-3-5-13/h1-9,12,16-17H,10-11H2/t16?,17-/m0/s1. The van der Waals surface area contributed by atoms with Gasteiger partial charge in [-0.05, 0) is 53.1 Å². The van der Waals surface area contributed by atoms with Gasteiger partial charge < -0.3 is 0 Å². The molecule has 1 aromatic heterocycles. The van der Waals surface area contributed by atoms with E-state index in [1.54, 1.807) is 0 Å². The molecular weight excluding hydrogens is 339 g/mol. The SMILES string of the molecule is Clc1cc([C@H]2CCC2c2ccc(-c3ccccc3)cc2)nc(Cl)n1. The third-order valence-corrected chi connectivity index (χ3v) is 5.15. The summed E-state index contributed by atoms with van der Waals surface area (Å²) >= 11 is 12.0. The lowest BCUT2D eigenvalue weighted by Gasteiger charge is -2.36. The second-order valence-electron chi connectivity index (χ2n) is 6.16. The van der Waals surface area contributed by atoms with Crippen LogP contribution < -0.4 is 0 Å². The minimum atomic E-state index is 0.225. The van der Waals surface area contributed by atoms with Crippen molar-refractivity contribution in [1.82, 2.24) is 9.97 Å². The number of hydrogen-bond acceptors (Lipinski definition) is 2. The van der Waals surface area contributed by atoms with Crippen LogP contribution >= 0.6 is 23.2 Å². The molecule has 0 N–H and O–H groups in total. The number of aromatic nitrogens is 2. The predicted octanol–water partition coefficient (Wildman–Crippen LogP) is 6.11. The van der Waals surface area contributed by atoms with Crippen molar-refractivity contribution < 1.29 is 0 Å². The van der Waals surface area contributed by atoms with Crippen molar-refractivity contribution in [2.75, 3.05) is 0 Å². The molecule has 1 saturated carbocycles. The van der Waals surface area contributed by atoms with Crippen molar-refractivity contribution >= 4 is 23.2 Å². The molecule has 0 radical (unpaired) electrons. The molecule has 4 heteroatoms. The Labute approximate surface area is 151 Å². The van der Waals surface area contributed by atoms with Crippen LogP contribution in [0.3, 0.4) is 0 Å². The Hall–Kier alpha value is -1.90. The van der Waals surface area contributed by atoms with Crippen LogP contribution in [-0.2, 0) is 0 Å². The summed E-state index contributed by atoms with van der Waals surface area (Å²) in [6, 6.07) is 21.1. The van der Waals surface area contributed by atoms with Crippen LogP contribution in [0.15, 0.2) is 60.7 Å². The van der Waals surface area contributed by atoms with Crippen LogP contribution in [0.25, 0.3) is 11.1 Å². The first-order valence-corrected chi connectivity index (χ1v) is 8.81. The molecule has 2 aromatic carbocycles. The minimum absolute atomic E-state index is 0.225. The second-order valence-corrected chi connectivity index (χ2v) is 6.89. The van der Waals surface area contributed by atoms with Crippen LogP contribution in [0.1, 0.15) is 35.9 Å². The van der Waals surface area contributed by atoms with Crippen molar-refractivity contribution in [2.45, 2.75) is 24.7 Å².